The summed E-state index contributed by atoms with van der Waals surface area (Å²) in [6.45, 7) is 7.30. The lowest BCUT2D eigenvalue weighted by Crippen LogP contribution is -2.54. The van der Waals surface area contributed by atoms with Crippen LogP contribution in [-0.2, 0) is 22.6 Å². The van der Waals surface area contributed by atoms with E-state index in [1.807, 2.05) is 13.8 Å². The van der Waals surface area contributed by atoms with Crippen LogP contribution in [-0.4, -0.2) is 52.5 Å². The van der Waals surface area contributed by atoms with Crippen molar-refractivity contribution in [1.82, 2.24) is 15.2 Å². The highest BCUT2D eigenvalue weighted by Gasteiger charge is 2.50. The van der Waals surface area contributed by atoms with Gasteiger partial charge >= 0.3 is 0 Å². The third-order valence-electron chi connectivity index (χ3n) is 7.00. The minimum absolute atomic E-state index is 0.00569. The molecule has 7 nitrogen and oxygen atoms in total. The highest BCUT2D eigenvalue weighted by atomic mass is 32.1. The fourth-order valence-electron chi connectivity index (χ4n) is 5.44. The van der Waals surface area contributed by atoms with Crippen molar-refractivity contribution in [2.45, 2.75) is 59.1 Å². The monoisotopic (exact) mass is 560 g/mol. The number of nitrogens with two attached hydrogens (primary N) is 1. The number of thiazole rings is 1. The molecule has 3 atom stereocenters. The summed E-state index contributed by atoms with van der Waals surface area (Å²) in [6.07, 6.45) is 5.52. The zero-order chi connectivity index (χ0) is 28.6. The molecule has 1 aromatic carbocycles. The molecule has 1 aliphatic carbocycles. The summed E-state index contributed by atoms with van der Waals surface area (Å²) in [5, 5.41) is 14.9. The minimum atomic E-state index is -1.36. The van der Waals surface area contributed by atoms with Crippen molar-refractivity contribution in [3.8, 4) is 0 Å². The third-order valence-corrected chi connectivity index (χ3v) is 7.78. The zero-order valence-corrected chi connectivity index (χ0v) is 23.6. The van der Waals surface area contributed by atoms with Crippen molar-refractivity contribution in [3.63, 3.8) is 0 Å². The predicted octanol–water partition coefficient (Wildman–Crippen LogP) is 4.13. The normalized spacial score (nSPS) is 18.7. The van der Waals surface area contributed by atoms with E-state index < -0.39 is 35.0 Å². The maximum Gasteiger partial charge on any atom is 0.244 e. The summed E-state index contributed by atoms with van der Waals surface area (Å²) in [5.41, 5.74) is 7.31. The number of rotatable bonds is 14. The van der Waals surface area contributed by atoms with Crippen molar-refractivity contribution >= 4 is 23.2 Å². The number of aliphatic hydroxyl groups excluding tert-OH is 1. The molecule has 3 rings (SSSR count). The molecule has 10 heteroatoms. The second-order valence-corrected chi connectivity index (χ2v) is 11.2. The number of allylic oxidation sites excluding steroid dienone is 2. The Hall–Kier alpha value is -2.95. The standard InChI is InChI=1S/C29H38F2N4O3S/c1-4-6-35(7-5-2)28(38)29(13-19(3)8-21(14-29)27(32)37)25(11-20-9-22(30)12-23(31)10-20)26(36)17-33-15-24-16-34-18-39-24/h8-10,12-13,16,18,25-26,33,36H,4-7,11,14-15,17H2,1-3H3,(H2,32,37)/t25-,26+,29?/m1/s1. The van der Waals surface area contributed by atoms with Crippen LogP contribution < -0.4 is 11.1 Å². The summed E-state index contributed by atoms with van der Waals surface area (Å²) in [5.74, 6) is -3.19. The summed E-state index contributed by atoms with van der Waals surface area (Å²) in [7, 11) is 0. The molecule has 0 saturated carbocycles. The number of aromatic nitrogens is 1. The Labute approximate surface area is 232 Å². The fraction of sp³-hybridized carbons (Fsp3) is 0.483. The molecule has 1 unspecified atom stereocenters. The second-order valence-electron chi connectivity index (χ2n) is 10.2. The Morgan fingerprint density at radius 3 is 2.44 bits per heavy atom. The van der Waals surface area contributed by atoms with E-state index in [-0.39, 0.29) is 30.9 Å². The van der Waals surface area contributed by atoms with Crippen LogP contribution in [0.3, 0.4) is 0 Å². The first kappa shape index (κ1) is 30.6. The number of primary amides is 1. The Balaban J connectivity index is 2.10. The van der Waals surface area contributed by atoms with Crippen LogP contribution in [0.4, 0.5) is 8.78 Å². The topological polar surface area (TPSA) is 109 Å². The molecule has 0 radical (unpaired) electrons. The van der Waals surface area contributed by atoms with Gasteiger partial charge in [0.25, 0.3) is 0 Å². The number of carbonyl (C=O) groups excluding carboxylic acids is 2. The largest absolute Gasteiger partial charge is 0.391 e. The first-order chi connectivity index (χ1) is 18.6. The number of nitrogens with one attached hydrogen (secondary N) is 1. The molecule has 0 saturated heterocycles. The Kier molecular flexibility index (Phi) is 10.9. The van der Waals surface area contributed by atoms with Gasteiger partial charge in [0.2, 0.25) is 11.8 Å². The van der Waals surface area contributed by atoms with Crippen LogP contribution in [0.2, 0.25) is 0 Å². The first-order valence-corrected chi connectivity index (χ1v) is 14.2. The van der Waals surface area contributed by atoms with Gasteiger partial charge in [0.15, 0.2) is 0 Å². The highest BCUT2D eigenvalue weighted by molar-refractivity contribution is 7.09. The minimum Gasteiger partial charge on any atom is -0.391 e. The summed E-state index contributed by atoms with van der Waals surface area (Å²) in [4.78, 5) is 33.6. The van der Waals surface area contributed by atoms with Gasteiger partial charge in [-0.25, -0.2) is 8.78 Å². The van der Waals surface area contributed by atoms with E-state index in [9.17, 15) is 23.5 Å². The summed E-state index contributed by atoms with van der Waals surface area (Å²) < 4.78 is 28.4. The van der Waals surface area contributed by atoms with E-state index in [0.717, 1.165) is 23.8 Å². The van der Waals surface area contributed by atoms with Gasteiger partial charge in [-0.15, -0.1) is 11.3 Å². The van der Waals surface area contributed by atoms with Crippen molar-refractivity contribution in [2.24, 2.45) is 17.1 Å². The lowest BCUT2D eigenvalue weighted by Gasteiger charge is -2.45. The Morgan fingerprint density at radius 2 is 1.87 bits per heavy atom. The molecule has 0 spiro atoms. The fourth-order valence-corrected chi connectivity index (χ4v) is 6.00. The molecular formula is C29H38F2N4O3S. The van der Waals surface area contributed by atoms with Crippen LogP contribution in [0.1, 0.15) is 50.5 Å². The van der Waals surface area contributed by atoms with E-state index >= 15 is 0 Å². The van der Waals surface area contributed by atoms with Crippen LogP contribution in [0, 0.1) is 23.0 Å². The molecule has 212 valence electrons. The summed E-state index contributed by atoms with van der Waals surface area (Å²) in [6, 6.07) is 3.22. The Morgan fingerprint density at radius 1 is 1.21 bits per heavy atom. The van der Waals surface area contributed by atoms with Gasteiger partial charge in [0, 0.05) is 54.8 Å². The van der Waals surface area contributed by atoms with Crippen LogP contribution in [0.25, 0.3) is 0 Å². The average Bonchev–Trinajstić information content (AvgIpc) is 3.39. The first-order valence-electron chi connectivity index (χ1n) is 13.3. The molecule has 39 heavy (non-hydrogen) atoms. The zero-order valence-electron chi connectivity index (χ0n) is 22.8. The molecule has 0 aliphatic heterocycles. The van der Waals surface area contributed by atoms with Crippen LogP contribution >= 0.6 is 11.3 Å². The number of halogens is 2. The Bertz CT molecular complexity index is 1170. The van der Waals surface area contributed by atoms with Crippen molar-refractivity contribution in [3.05, 3.63) is 75.3 Å². The van der Waals surface area contributed by atoms with E-state index in [2.05, 4.69) is 10.3 Å². The second kappa shape index (κ2) is 13.9. The molecule has 0 bridgehead atoms. The molecule has 2 aromatic rings. The lowest BCUT2D eigenvalue weighted by atomic mass is 9.63. The number of hydrogen-bond acceptors (Lipinski definition) is 6. The maximum atomic E-state index is 14.5. The lowest BCUT2D eigenvalue weighted by molar-refractivity contribution is -0.145. The predicted molar refractivity (Wildman–Crippen MR) is 149 cm³/mol. The number of hydrogen-bond donors (Lipinski definition) is 3. The number of carbonyl (C=O) groups is 2. The number of nitrogens with zero attached hydrogens (tertiary/aromatic N) is 2. The molecule has 4 N–H and O–H groups in total. The molecular weight excluding hydrogens is 522 g/mol. The van der Waals surface area contributed by atoms with E-state index in [4.69, 9.17) is 5.73 Å². The van der Waals surface area contributed by atoms with Crippen LogP contribution in [0.5, 0.6) is 0 Å². The van der Waals surface area contributed by atoms with Gasteiger partial charge in [-0.2, -0.15) is 0 Å². The van der Waals surface area contributed by atoms with E-state index in [1.165, 1.54) is 23.5 Å². The van der Waals surface area contributed by atoms with Crippen molar-refractivity contribution in [2.75, 3.05) is 19.6 Å². The van der Waals surface area contributed by atoms with Gasteiger partial charge < -0.3 is 21.1 Å². The molecule has 1 aromatic heterocycles. The molecule has 1 aliphatic rings. The average molecular weight is 561 g/mol. The number of aliphatic hydroxyl groups is 1. The quantitative estimate of drug-likeness (QED) is 0.322. The van der Waals surface area contributed by atoms with E-state index in [0.29, 0.717) is 30.8 Å². The highest BCUT2D eigenvalue weighted by Crippen LogP contribution is 2.45. The molecule has 1 heterocycles. The number of amides is 2. The SMILES string of the molecule is CCCN(CCC)C(=O)C1([C@H](Cc2cc(F)cc(F)c2)[C@@H](O)CNCc2cncs2)C=C(C)C=C(C(N)=O)C1. The molecule has 0 fully saturated rings. The molecule has 2 amide bonds. The third kappa shape index (κ3) is 7.80. The number of benzene rings is 1. The summed E-state index contributed by atoms with van der Waals surface area (Å²) >= 11 is 1.47. The van der Waals surface area contributed by atoms with E-state index in [1.54, 1.807) is 35.7 Å². The van der Waals surface area contributed by atoms with Crippen LogP contribution in [0.15, 0.2) is 53.2 Å². The van der Waals surface area contributed by atoms with Gasteiger partial charge in [0.05, 0.1) is 17.0 Å². The van der Waals surface area contributed by atoms with Gasteiger partial charge in [-0.3, -0.25) is 14.6 Å². The van der Waals surface area contributed by atoms with Gasteiger partial charge in [-0.1, -0.05) is 31.6 Å². The maximum absolute atomic E-state index is 14.5. The van der Waals surface area contributed by atoms with Crippen molar-refractivity contribution < 1.29 is 23.5 Å². The van der Waals surface area contributed by atoms with Gasteiger partial charge in [-0.05, 0) is 50.3 Å². The smallest absolute Gasteiger partial charge is 0.244 e. The van der Waals surface area contributed by atoms with Gasteiger partial charge in [0.1, 0.15) is 11.6 Å². The van der Waals surface area contributed by atoms with Crippen molar-refractivity contribution in [1.29, 1.82) is 0 Å².